The Morgan fingerprint density at radius 2 is 2.00 bits per heavy atom. The molecule has 4 heteroatoms. The summed E-state index contributed by atoms with van der Waals surface area (Å²) in [7, 11) is 0. The molecule has 2 aromatic heterocycles. The molecule has 1 aromatic carbocycles. The fraction of sp³-hybridized carbons (Fsp3) is 0. The van der Waals surface area contributed by atoms with Crippen molar-refractivity contribution in [1.82, 2.24) is 9.78 Å². The number of thiophene rings is 1. The molecule has 0 saturated carbocycles. The van der Waals surface area contributed by atoms with Crippen LogP contribution in [0.2, 0.25) is 0 Å². The standard InChI is InChI=1S/C16H12N2OS/c19-15(16-7-4-10-20-16)9-8-13-11-17-18(12-13)14-5-2-1-3-6-14/h1-12H/b9-8+. The van der Waals surface area contributed by atoms with Gasteiger partial charge in [0.2, 0.25) is 0 Å². The van der Waals surface area contributed by atoms with E-state index in [0.29, 0.717) is 0 Å². The van der Waals surface area contributed by atoms with Gasteiger partial charge in [-0.05, 0) is 35.7 Å². The summed E-state index contributed by atoms with van der Waals surface area (Å²) in [6.07, 6.45) is 7.01. The highest BCUT2D eigenvalue weighted by Crippen LogP contribution is 2.12. The molecular weight excluding hydrogens is 268 g/mol. The van der Waals surface area contributed by atoms with Crippen molar-refractivity contribution in [3.05, 3.63) is 76.8 Å². The topological polar surface area (TPSA) is 34.9 Å². The lowest BCUT2D eigenvalue weighted by Gasteiger charge is -1.98. The molecule has 0 bridgehead atoms. The van der Waals surface area contributed by atoms with Crippen LogP contribution in [-0.4, -0.2) is 15.6 Å². The van der Waals surface area contributed by atoms with Gasteiger partial charge in [0.05, 0.1) is 16.8 Å². The Balaban J connectivity index is 1.76. The molecule has 3 rings (SSSR count). The third kappa shape index (κ3) is 2.75. The van der Waals surface area contributed by atoms with Crippen LogP contribution in [0.3, 0.4) is 0 Å². The Bertz CT molecular complexity index is 727. The smallest absolute Gasteiger partial charge is 0.195 e. The minimum absolute atomic E-state index is 0.0208. The van der Waals surface area contributed by atoms with Gasteiger partial charge in [-0.1, -0.05) is 24.3 Å². The van der Waals surface area contributed by atoms with Gasteiger partial charge in [0.25, 0.3) is 0 Å². The molecule has 0 spiro atoms. The highest BCUT2D eigenvalue weighted by atomic mass is 32.1. The molecule has 0 aliphatic rings. The predicted molar refractivity (Wildman–Crippen MR) is 81.2 cm³/mol. The van der Waals surface area contributed by atoms with Gasteiger partial charge in [0.1, 0.15) is 0 Å². The molecule has 0 aliphatic carbocycles. The van der Waals surface area contributed by atoms with Gasteiger partial charge < -0.3 is 0 Å². The molecule has 0 amide bonds. The highest BCUT2D eigenvalue weighted by Gasteiger charge is 2.02. The largest absolute Gasteiger partial charge is 0.288 e. The summed E-state index contributed by atoms with van der Waals surface area (Å²) < 4.78 is 1.79. The summed E-state index contributed by atoms with van der Waals surface area (Å²) in [6.45, 7) is 0. The Morgan fingerprint density at radius 1 is 1.15 bits per heavy atom. The van der Waals surface area contributed by atoms with Crippen LogP contribution in [0, 0.1) is 0 Å². The number of para-hydroxylation sites is 1. The van der Waals surface area contributed by atoms with Gasteiger partial charge in [-0.2, -0.15) is 5.10 Å². The van der Waals surface area contributed by atoms with E-state index in [2.05, 4.69) is 5.10 Å². The van der Waals surface area contributed by atoms with E-state index in [1.165, 1.54) is 11.3 Å². The summed E-state index contributed by atoms with van der Waals surface area (Å²) >= 11 is 1.45. The first-order chi connectivity index (χ1) is 9.83. The highest BCUT2D eigenvalue weighted by molar-refractivity contribution is 7.12. The fourth-order valence-electron chi connectivity index (χ4n) is 1.82. The number of nitrogens with zero attached hydrogens (tertiary/aromatic N) is 2. The summed E-state index contributed by atoms with van der Waals surface area (Å²) in [5.41, 5.74) is 1.90. The maximum atomic E-state index is 11.9. The molecular formula is C16H12N2OS. The maximum absolute atomic E-state index is 11.9. The van der Waals surface area contributed by atoms with Gasteiger partial charge in [-0.25, -0.2) is 4.68 Å². The third-order valence-electron chi connectivity index (χ3n) is 2.81. The average Bonchev–Trinajstić information content (AvgIpc) is 3.17. The summed E-state index contributed by atoms with van der Waals surface area (Å²) in [5, 5.41) is 6.18. The molecule has 2 heterocycles. The van der Waals surface area contributed by atoms with Crippen LogP contribution in [0.15, 0.2) is 66.3 Å². The van der Waals surface area contributed by atoms with Crippen LogP contribution >= 0.6 is 11.3 Å². The zero-order valence-electron chi connectivity index (χ0n) is 10.6. The van der Waals surface area contributed by atoms with E-state index in [9.17, 15) is 4.79 Å². The van der Waals surface area contributed by atoms with E-state index in [1.807, 2.05) is 54.0 Å². The molecule has 0 aliphatic heterocycles. The minimum Gasteiger partial charge on any atom is -0.288 e. The average molecular weight is 280 g/mol. The quantitative estimate of drug-likeness (QED) is 0.538. The molecule has 0 unspecified atom stereocenters. The fourth-order valence-corrected chi connectivity index (χ4v) is 2.46. The van der Waals surface area contributed by atoms with Crippen molar-refractivity contribution >= 4 is 23.2 Å². The molecule has 98 valence electrons. The van der Waals surface area contributed by atoms with Gasteiger partial charge >= 0.3 is 0 Å². The molecule has 0 atom stereocenters. The van der Waals surface area contributed by atoms with E-state index >= 15 is 0 Å². The Hall–Kier alpha value is -2.46. The number of rotatable bonds is 4. The lowest BCUT2D eigenvalue weighted by molar-refractivity contribution is 0.105. The Morgan fingerprint density at radius 3 is 2.75 bits per heavy atom. The van der Waals surface area contributed by atoms with Crippen molar-refractivity contribution in [2.75, 3.05) is 0 Å². The Labute approximate surface area is 120 Å². The maximum Gasteiger partial charge on any atom is 0.195 e. The van der Waals surface area contributed by atoms with Crippen molar-refractivity contribution in [1.29, 1.82) is 0 Å². The number of allylic oxidation sites excluding steroid dienone is 1. The van der Waals surface area contributed by atoms with E-state index < -0.39 is 0 Å². The lowest BCUT2D eigenvalue weighted by Crippen LogP contribution is -1.92. The molecule has 0 N–H and O–H groups in total. The van der Waals surface area contributed by atoms with Crippen molar-refractivity contribution < 1.29 is 4.79 Å². The number of carbonyl (C=O) groups is 1. The monoisotopic (exact) mass is 280 g/mol. The zero-order valence-corrected chi connectivity index (χ0v) is 11.5. The molecule has 20 heavy (non-hydrogen) atoms. The van der Waals surface area contributed by atoms with Gasteiger partial charge in [-0.3, -0.25) is 4.79 Å². The Kier molecular flexibility index (Phi) is 3.56. The predicted octanol–water partition coefficient (Wildman–Crippen LogP) is 3.83. The van der Waals surface area contributed by atoms with Crippen LogP contribution in [0.5, 0.6) is 0 Å². The lowest BCUT2D eigenvalue weighted by atomic mass is 10.2. The van der Waals surface area contributed by atoms with Crippen LogP contribution < -0.4 is 0 Å². The summed E-state index contributed by atoms with van der Waals surface area (Å²) in [4.78, 5) is 12.6. The number of ketones is 1. The van der Waals surface area contributed by atoms with E-state index in [0.717, 1.165) is 16.1 Å². The minimum atomic E-state index is 0.0208. The summed E-state index contributed by atoms with van der Waals surface area (Å²) in [6, 6.07) is 13.6. The molecule has 0 fully saturated rings. The number of hydrogen-bond acceptors (Lipinski definition) is 3. The van der Waals surface area contributed by atoms with Crippen molar-refractivity contribution in [3.8, 4) is 5.69 Å². The van der Waals surface area contributed by atoms with E-state index in [4.69, 9.17) is 0 Å². The van der Waals surface area contributed by atoms with Crippen LogP contribution in [-0.2, 0) is 0 Å². The van der Waals surface area contributed by atoms with Crippen LogP contribution in [0.4, 0.5) is 0 Å². The van der Waals surface area contributed by atoms with Gasteiger partial charge in [0.15, 0.2) is 5.78 Å². The first-order valence-corrected chi connectivity index (χ1v) is 7.07. The second-order valence-electron chi connectivity index (χ2n) is 4.23. The van der Waals surface area contributed by atoms with Crippen molar-refractivity contribution in [3.63, 3.8) is 0 Å². The SMILES string of the molecule is O=C(/C=C/c1cnn(-c2ccccc2)c1)c1cccs1. The molecule has 3 nitrogen and oxygen atoms in total. The van der Waals surface area contributed by atoms with E-state index in [-0.39, 0.29) is 5.78 Å². The first kappa shape index (κ1) is 12.6. The van der Waals surface area contributed by atoms with Crippen molar-refractivity contribution in [2.45, 2.75) is 0 Å². The summed E-state index contributed by atoms with van der Waals surface area (Å²) in [5.74, 6) is 0.0208. The van der Waals surface area contributed by atoms with Crippen molar-refractivity contribution in [2.24, 2.45) is 0 Å². The van der Waals surface area contributed by atoms with Crippen LogP contribution in [0.1, 0.15) is 15.2 Å². The molecule has 3 aromatic rings. The normalized spacial score (nSPS) is 11.0. The number of benzene rings is 1. The second-order valence-corrected chi connectivity index (χ2v) is 5.18. The molecule has 0 radical (unpaired) electrons. The van der Waals surface area contributed by atoms with E-state index in [1.54, 1.807) is 23.0 Å². The number of hydrogen-bond donors (Lipinski definition) is 0. The second kappa shape index (κ2) is 5.67. The number of aromatic nitrogens is 2. The van der Waals surface area contributed by atoms with Gasteiger partial charge in [-0.15, -0.1) is 11.3 Å². The van der Waals surface area contributed by atoms with Gasteiger partial charge in [0, 0.05) is 11.8 Å². The number of carbonyl (C=O) groups excluding carboxylic acids is 1. The first-order valence-electron chi connectivity index (χ1n) is 6.19. The third-order valence-corrected chi connectivity index (χ3v) is 3.70. The molecule has 0 saturated heterocycles. The zero-order chi connectivity index (χ0) is 13.8. The van der Waals surface area contributed by atoms with Crippen LogP contribution in [0.25, 0.3) is 11.8 Å².